The zero-order chi connectivity index (χ0) is 21.4. The molecule has 11 nitrogen and oxygen atoms in total. The Morgan fingerprint density at radius 3 is 2.42 bits per heavy atom. The van der Waals surface area contributed by atoms with Gasteiger partial charge in [0, 0.05) is 26.2 Å². The molecule has 0 spiro atoms. The number of piperidine rings is 2. The predicted octanol–water partition coefficient (Wildman–Crippen LogP) is 0.271. The molecule has 0 bridgehead atoms. The topological polar surface area (TPSA) is 129 Å². The lowest BCUT2D eigenvalue weighted by Crippen LogP contribution is -2.47. The van der Waals surface area contributed by atoms with Crippen LogP contribution >= 0.6 is 0 Å². The van der Waals surface area contributed by atoms with Gasteiger partial charge in [-0.1, -0.05) is 6.42 Å². The summed E-state index contributed by atoms with van der Waals surface area (Å²) in [6, 6.07) is 0. The van der Waals surface area contributed by atoms with Gasteiger partial charge in [0.25, 0.3) is 5.91 Å². The number of carbonyl (C=O) groups is 1. The van der Waals surface area contributed by atoms with Crippen molar-refractivity contribution in [3.05, 3.63) is 12.7 Å². The Labute approximate surface area is 180 Å². The summed E-state index contributed by atoms with van der Waals surface area (Å²) in [5.41, 5.74) is 4.33. The average Bonchev–Trinajstić information content (AvgIpc) is 3.36. The lowest BCUT2D eigenvalue weighted by atomic mass is 10.1. The number of hydrogen-bond donors (Lipinski definition) is 3. The van der Waals surface area contributed by atoms with E-state index in [0.717, 1.165) is 45.2 Å². The van der Waals surface area contributed by atoms with Crippen LogP contribution in [0.4, 0.5) is 5.82 Å². The number of hydrazine groups is 1. The molecule has 5 rings (SSSR count). The minimum Gasteiger partial charge on any atom is -0.387 e. The fourth-order valence-corrected chi connectivity index (χ4v) is 4.66. The van der Waals surface area contributed by atoms with Crippen molar-refractivity contribution in [2.75, 3.05) is 31.6 Å². The smallest absolute Gasteiger partial charge is 0.254 e. The fraction of sp³-hybridized carbons (Fsp3) is 0.700. The first-order chi connectivity index (χ1) is 15.1. The number of nitrogens with zero attached hydrogens (tertiary/aromatic N) is 6. The third-order valence-corrected chi connectivity index (χ3v) is 6.40. The number of likely N-dealkylation sites (tertiary alicyclic amines) is 1. The molecule has 2 aromatic heterocycles. The van der Waals surface area contributed by atoms with Crippen LogP contribution in [0.3, 0.4) is 0 Å². The molecular formula is C20H29N7O4. The van der Waals surface area contributed by atoms with E-state index in [0.29, 0.717) is 30.1 Å². The summed E-state index contributed by atoms with van der Waals surface area (Å²) >= 11 is 0. The quantitative estimate of drug-likeness (QED) is 0.625. The molecule has 0 saturated carbocycles. The van der Waals surface area contributed by atoms with Crippen molar-refractivity contribution in [1.29, 1.82) is 0 Å². The second kappa shape index (κ2) is 8.65. The van der Waals surface area contributed by atoms with Crippen LogP contribution < -0.4 is 5.43 Å². The molecule has 3 aliphatic rings. The van der Waals surface area contributed by atoms with Crippen LogP contribution in [0.5, 0.6) is 0 Å². The zero-order valence-corrected chi connectivity index (χ0v) is 17.4. The van der Waals surface area contributed by atoms with Crippen molar-refractivity contribution in [3.63, 3.8) is 0 Å². The van der Waals surface area contributed by atoms with Crippen molar-refractivity contribution in [1.82, 2.24) is 29.4 Å². The number of aliphatic hydroxyl groups excluding tert-OH is 2. The number of anilines is 1. The Kier molecular flexibility index (Phi) is 5.74. The molecule has 31 heavy (non-hydrogen) atoms. The highest BCUT2D eigenvalue weighted by atomic mass is 16.6. The molecule has 0 aliphatic carbocycles. The van der Waals surface area contributed by atoms with Crippen molar-refractivity contribution in [2.24, 2.45) is 0 Å². The van der Waals surface area contributed by atoms with Crippen molar-refractivity contribution < 1.29 is 19.7 Å². The van der Waals surface area contributed by atoms with Crippen molar-refractivity contribution >= 4 is 22.9 Å². The number of carbonyl (C=O) groups excluding carboxylic acids is 1. The first-order valence-corrected chi connectivity index (χ1v) is 11.1. The first kappa shape index (κ1) is 20.6. The van der Waals surface area contributed by atoms with E-state index in [9.17, 15) is 15.0 Å². The minimum atomic E-state index is -1.32. The standard InChI is InChI=1S/C20H29N7O4/c28-14-15(29)20(31-16(14)19(30)25-7-3-1-4-8-25)27-12-23-13-17(21-11-22-18(13)27)24-26-9-5-2-6-10-26/h11-12,14-16,20,28-29H,1-10H2,(H,21,22,24). The summed E-state index contributed by atoms with van der Waals surface area (Å²) in [5.74, 6) is 0.305. The van der Waals surface area contributed by atoms with Crippen molar-refractivity contribution in [2.45, 2.75) is 63.1 Å². The van der Waals surface area contributed by atoms with E-state index in [2.05, 4.69) is 25.4 Å². The number of rotatable bonds is 4. The van der Waals surface area contributed by atoms with E-state index in [1.54, 1.807) is 9.47 Å². The van der Waals surface area contributed by atoms with E-state index >= 15 is 0 Å². The van der Waals surface area contributed by atoms with Crippen LogP contribution in [0.15, 0.2) is 12.7 Å². The predicted molar refractivity (Wildman–Crippen MR) is 111 cm³/mol. The SMILES string of the molecule is O=C(C1OC(n2cnc3c(NN4CCCCC4)ncnc32)C(O)C1O)N1CCCCC1. The summed E-state index contributed by atoms with van der Waals surface area (Å²) in [7, 11) is 0. The van der Waals surface area contributed by atoms with E-state index in [1.807, 2.05) is 0 Å². The van der Waals surface area contributed by atoms with E-state index < -0.39 is 24.5 Å². The second-order valence-electron chi connectivity index (χ2n) is 8.52. The average molecular weight is 431 g/mol. The van der Waals surface area contributed by atoms with Gasteiger partial charge in [0.15, 0.2) is 29.3 Å². The van der Waals surface area contributed by atoms with Crippen LogP contribution in [0, 0.1) is 0 Å². The number of imidazole rings is 1. The third-order valence-electron chi connectivity index (χ3n) is 6.40. The van der Waals surface area contributed by atoms with Gasteiger partial charge in [0.2, 0.25) is 0 Å². The number of aromatic nitrogens is 4. The third kappa shape index (κ3) is 3.86. The molecule has 3 aliphatic heterocycles. The van der Waals surface area contributed by atoms with Crippen LogP contribution in [-0.4, -0.2) is 90.0 Å². The van der Waals surface area contributed by atoms with Crippen LogP contribution in [0.2, 0.25) is 0 Å². The molecule has 4 atom stereocenters. The number of ether oxygens (including phenoxy) is 1. The summed E-state index contributed by atoms with van der Waals surface area (Å²) in [4.78, 5) is 27.7. The Morgan fingerprint density at radius 1 is 0.968 bits per heavy atom. The molecule has 11 heteroatoms. The number of fused-ring (bicyclic) bond motifs is 1. The Hall–Kier alpha value is -2.34. The molecule has 0 aromatic carbocycles. The summed E-state index contributed by atoms with van der Waals surface area (Å²) in [6.45, 7) is 3.17. The molecule has 0 radical (unpaired) electrons. The maximum absolute atomic E-state index is 12.9. The number of nitrogens with one attached hydrogen (secondary N) is 1. The number of hydrogen-bond acceptors (Lipinski definition) is 9. The highest BCUT2D eigenvalue weighted by Gasteiger charge is 2.49. The van der Waals surface area contributed by atoms with Crippen LogP contribution in [0.1, 0.15) is 44.8 Å². The maximum atomic E-state index is 12.9. The van der Waals surface area contributed by atoms with E-state index in [-0.39, 0.29) is 5.91 Å². The Bertz CT molecular complexity index is 925. The van der Waals surface area contributed by atoms with Gasteiger partial charge in [-0.2, -0.15) is 0 Å². The Balaban J connectivity index is 1.37. The zero-order valence-electron chi connectivity index (χ0n) is 17.4. The molecule has 1 amide bonds. The highest BCUT2D eigenvalue weighted by Crippen LogP contribution is 2.33. The van der Waals surface area contributed by atoms with Gasteiger partial charge >= 0.3 is 0 Å². The van der Waals surface area contributed by atoms with Gasteiger partial charge < -0.3 is 25.3 Å². The Morgan fingerprint density at radius 2 is 1.68 bits per heavy atom. The van der Waals surface area contributed by atoms with Gasteiger partial charge in [-0.3, -0.25) is 9.36 Å². The minimum absolute atomic E-state index is 0.278. The normalized spacial score (nSPS) is 30.1. The molecule has 2 aromatic rings. The van der Waals surface area contributed by atoms with E-state index in [4.69, 9.17) is 4.74 Å². The fourth-order valence-electron chi connectivity index (χ4n) is 4.66. The number of aliphatic hydroxyl groups is 2. The monoisotopic (exact) mass is 431 g/mol. The molecule has 3 saturated heterocycles. The second-order valence-corrected chi connectivity index (χ2v) is 8.52. The molecule has 3 fully saturated rings. The summed E-state index contributed by atoms with van der Waals surface area (Å²) in [6.07, 6.45) is 4.74. The van der Waals surface area contributed by atoms with Crippen LogP contribution in [0.25, 0.3) is 11.2 Å². The van der Waals surface area contributed by atoms with Gasteiger partial charge in [-0.25, -0.2) is 20.0 Å². The molecule has 3 N–H and O–H groups in total. The van der Waals surface area contributed by atoms with Gasteiger partial charge in [0.05, 0.1) is 6.33 Å². The van der Waals surface area contributed by atoms with Crippen molar-refractivity contribution in [3.8, 4) is 0 Å². The lowest BCUT2D eigenvalue weighted by Gasteiger charge is -2.29. The van der Waals surface area contributed by atoms with Gasteiger partial charge in [0.1, 0.15) is 18.5 Å². The van der Waals surface area contributed by atoms with Gasteiger partial charge in [-0.05, 0) is 32.1 Å². The molecule has 168 valence electrons. The van der Waals surface area contributed by atoms with Gasteiger partial charge in [-0.15, -0.1) is 0 Å². The summed E-state index contributed by atoms with van der Waals surface area (Å²) < 4.78 is 7.45. The molecule has 5 heterocycles. The first-order valence-electron chi connectivity index (χ1n) is 11.1. The number of amides is 1. The maximum Gasteiger partial charge on any atom is 0.254 e. The summed E-state index contributed by atoms with van der Waals surface area (Å²) in [5, 5.41) is 23.4. The largest absolute Gasteiger partial charge is 0.387 e. The molecule has 4 unspecified atom stereocenters. The van der Waals surface area contributed by atoms with Crippen LogP contribution in [-0.2, 0) is 9.53 Å². The molecular weight excluding hydrogens is 402 g/mol. The highest BCUT2D eigenvalue weighted by molar-refractivity contribution is 5.83. The lowest BCUT2D eigenvalue weighted by molar-refractivity contribution is -0.149. The van der Waals surface area contributed by atoms with E-state index in [1.165, 1.54) is 19.1 Å².